The van der Waals surface area contributed by atoms with E-state index in [1.54, 1.807) is 18.2 Å². The number of anilines is 1. The maximum Gasteiger partial charge on any atom is 0.262 e. The van der Waals surface area contributed by atoms with E-state index in [0.29, 0.717) is 11.4 Å². The van der Waals surface area contributed by atoms with E-state index < -0.39 is 0 Å². The molecule has 12 heavy (non-hydrogen) atoms. The number of carbonyl (C=O) groups is 1. The molecule has 0 fully saturated rings. The van der Waals surface area contributed by atoms with Crippen LogP contribution < -0.4 is 15.8 Å². The first-order valence-electron chi connectivity index (χ1n) is 3.54. The summed E-state index contributed by atoms with van der Waals surface area (Å²) < 4.78 is 5.08. The van der Waals surface area contributed by atoms with Crippen LogP contribution in [0.15, 0.2) is 18.2 Å². The molecule has 4 heteroatoms. The van der Waals surface area contributed by atoms with E-state index >= 15 is 0 Å². The summed E-state index contributed by atoms with van der Waals surface area (Å²) in [4.78, 5) is 10.9. The first kappa shape index (κ1) is 6.97. The van der Waals surface area contributed by atoms with Gasteiger partial charge in [-0.1, -0.05) is 6.07 Å². The van der Waals surface area contributed by atoms with E-state index in [-0.39, 0.29) is 18.2 Å². The third-order valence-corrected chi connectivity index (χ3v) is 1.65. The topological polar surface area (TPSA) is 62.1 Å². The van der Waals surface area contributed by atoms with Crippen LogP contribution in [0.1, 0.15) is 0 Å². The lowest BCUT2D eigenvalue weighted by Gasteiger charge is -2.18. The van der Waals surface area contributed by atoms with Crippen molar-refractivity contribution in [3.63, 3.8) is 0 Å². The molecule has 1 radical (unpaired) electrons. The average Bonchev–Trinajstić information content (AvgIpc) is 2.07. The molecule has 2 rings (SSSR count). The molecule has 0 aromatic heterocycles. The van der Waals surface area contributed by atoms with Crippen LogP contribution in [0.5, 0.6) is 5.75 Å². The maximum absolute atomic E-state index is 10.9. The van der Waals surface area contributed by atoms with Crippen LogP contribution in [0, 0.1) is 0 Å². The van der Waals surface area contributed by atoms with Gasteiger partial charge < -0.3 is 10.1 Å². The van der Waals surface area contributed by atoms with Crippen LogP contribution in [-0.4, -0.2) is 12.5 Å². The Kier molecular flexibility index (Phi) is 1.40. The Balaban J connectivity index is 2.50. The van der Waals surface area contributed by atoms with Gasteiger partial charge in [-0.05, 0) is 12.1 Å². The van der Waals surface area contributed by atoms with Crippen LogP contribution in [0.25, 0.3) is 0 Å². The van der Waals surface area contributed by atoms with Crippen molar-refractivity contribution in [2.24, 2.45) is 0 Å². The van der Waals surface area contributed by atoms with Crippen molar-refractivity contribution in [3.05, 3.63) is 18.2 Å². The fraction of sp³-hybridized carbons (Fsp3) is 0.125. The first-order valence-corrected chi connectivity index (χ1v) is 3.54. The molecule has 1 aromatic rings. The van der Waals surface area contributed by atoms with E-state index in [9.17, 15) is 4.79 Å². The molecule has 1 aromatic carbocycles. The number of benzene rings is 1. The molecule has 0 spiro atoms. The summed E-state index contributed by atoms with van der Waals surface area (Å²) in [7, 11) is 0. The first-order chi connectivity index (χ1) is 5.77. The second-order valence-corrected chi connectivity index (χ2v) is 2.52. The molecule has 0 atom stereocenters. The Hall–Kier alpha value is -1.71. The summed E-state index contributed by atoms with van der Waals surface area (Å²) in [5, 5.41) is 2.58. The summed E-state index contributed by atoms with van der Waals surface area (Å²) in [6.45, 7) is 0.0381. The number of hydrogen-bond acceptors (Lipinski definition) is 2. The lowest BCUT2D eigenvalue weighted by atomic mass is 10.2. The Morgan fingerprint density at radius 3 is 3.17 bits per heavy atom. The molecule has 0 bridgehead atoms. The van der Waals surface area contributed by atoms with Crippen molar-refractivity contribution in [1.29, 1.82) is 0 Å². The monoisotopic (exact) mass is 163 g/mol. The molecule has 1 amide bonds. The Morgan fingerprint density at radius 2 is 2.33 bits per heavy atom. The van der Waals surface area contributed by atoms with Gasteiger partial charge in [0.25, 0.3) is 5.91 Å². The Labute approximate surface area is 69.3 Å². The highest BCUT2D eigenvalue weighted by atomic mass is 16.5. The van der Waals surface area contributed by atoms with Crippen molar-refractivity contribution in [3.8, 4) is 5.75 Å². The van der Waals surface area contributed by atoms with Crippen LogP contribution >= 0.6 is 0 Å². The van der Waals surface area contributed by atoms with E-state index in [1.807, 2.05) is 0 Å². The molecular weight excluding hydrogens is 156 g/mol. The minimum Gasteiger partial charge on any atom is -0.481 e. The highest BCUT2D eigenvalue weighted by Gasteiger charge is 2.17. The zero-order valence-electron chi connectivity index (χ0n) is 6.26. The number of hydrogen-bond donors (Lipinski definition) is 1. The minimum atomic E-state index is -0.206. The van der Waals surface area contributed by atoms with Crippen LogP contribution in [0.2, 0.25) is 0 Å². The van der Waals surface area contributed by atoms with Gasteiger partial charge in [0, 0.05) is 0 Å². The second-order valence-electron chi connectivity index (χ2n) is 2.52. The standard InChI is InChI=1S/C8H7N2O2/c9-5-2-1-3-6-8(5)10-7(11)4-12-6/h1-3,9H,4H2,(H,10,11). The third-order valence-electron chi connectivity index (χ3n) is 1.65. The number of ether oxygens (including phenoxy) is 1. The number of fused-ring (bicyclic) bond motifs is 1. The molecule has 2 N–H and O–H groups in total. The molecule has 1 aliphatic rings. The molecule has 61 valence electrons. The van der Waals surface area contributed by atoms with Crippen LogP contribution in [-0.2, 0) is 4.79 Å². The van der Waals surface area contributed by atoms with Gasteiger partial charge in [-0.25, -0.2) is 0 Å². The maximum atomic E-state index is 10.9. The molecule has 0 saturated carbocycles. The number of nitrogens with one attached hydrogen (secondary N) is 2. The molecule has 0 aliphatic carbocycles. The lowest BCUT2D eigenvalue weighted by molar-refractivity contribution is -0.118. The molecule has 4 nitrogen and oxygen atoms in total. The van der Waals surface area contributed by atoms with E-state index in [4.69, 9.17) is 10.5 Å². The van der Waals surface area contributed by atoms with E-state index in [0.717, 1.165) is 0 Å². The normalized spacial score (nSPS) is 14.5. The SMILES string of the molecule is [NH]c1cccc2c1NC(=O)CO2. The molecular formula is C8H7N2O2. The number of amides is 1. The quantitative estimate of drug-likeness (QED) is 0.618. The van der Waals surface area contributed by atoms with Gasteiger partial charge in [-0.2, -0.15) is 0 Å². The minimum absolute atomic E-state index is 0.0381. The van der Waals surface area contributed by atoms with Gasteiger partial charge in [-0.15, -0.1) is 0 Å². The highest BCUT2D eigenvalue weighted by Crippen LogP contribution is 2.33. The van der Waals surface area contributed by atoms with Gasteiger partial charge in [0.15, 0.2) is 6.61 Å². The second kappa shape index (κ2) is 2.41. The fourth-order valence-electron chi connectivity index (χ4n) is 1.10. The fourth-order valence-corrected chi connectivity index (χ4v) is 1.10. The van der Waals surface area contributed by atoms with E-state index in [2.05, 4.69) is 5.32 Å². The molecule has 1 aliphatic heterocycles. The summed E-state index contributed by atoms with van der Waals surface area (Å²) in [5.74, 6) is 0.365. The van der Waals surface area contributed by atoms with Crippen LogP contribution in [0.4, 0.5) is 11.4 Å². The largest absolute Gasteiger partial charge is 0.481 e. The molecule has 0 unspecified atom stereocenters. The Morgan fingerprint density at radius 1 is 1.50 bits per heavy atom. The summed E-state index contributed by atoms with van der Waals surface area (Å²) in [5.41, 5.74) is 8.19. The summed E-state index contributed by atoms with van der Waals surface area (Å²) >= 11 is 0. The molecule has 0 saturated heterocycles. The van der Waals surface area contributed by atoms with Gasteiger partial charge >= 0.3 is 0 Å². The third kappa shape index (κ3) is 0.972. The Bertz CT molecular complexity index is 336. The highest BCUT2D eigenvalue weighted by molar-refractivity contribution is 5.98. The zero-order chi connectivity index (χ0) is 8.55. The average molecular weight is 163 g/mol. The predicted octanol–water partition coefficient (Wildman–Crippen LogP) is 0.932. The smallest absolute Gasteiger partial charge is 0.262 e. The van der Waals surface area contributed by atoms with Gasteiger partial charge in [0.05, 0.1) is 5.69 Å². The summed E-state index contributed by atoms with van der Waals surface area (Å²) in [6.07, 6.45) is 0. The van der Waals surface area contributed by atoms with Gasteiger partial charge in [-0.3, -0.25) is 10.5 Å². The number of carbonyl (C=O) groups excluding carboxylic acids is 1. The van der Waals surface area contributed by atoms with E-state index in [1.165, 1.54) is 0 Å². The zero-order valence-corrected chi connectivity index (χ0v) is 6.26. The lowest BCUT2D eigenvalue weighted by Crippen LogP contribution is -2.25. The molecule has 1 heterocycles. The predicted molar refractivity (Wildman–Crippen MR) is 43.3 cm³/mol. The number of para-hydroxylation sites is 1. The van der Waals surface area contributed by atoms with Gasteiger partial charge in [0.1, 0.15) is 11.4 Å². The summed E-state index contributed by atoms with van der Waals surface area (Å²) in [6, 6.07) is 5.05. The van der Waals surface area contributed by atoms with Crippen molar-refractivity contribution in [2.45, 2.75) is 0 Å². The van der Waals surface area contributed by atoms with Crippen molar-refractivity contribution >= 4 is 17.3 Å². The number of rotatable bonds is 0. The van der Waals surface area contributed by atoms with Crippen LogP contribution in [0.3, 0.4) is 0 Å². The van der Waals surface area contributed by atoms with Crippen molar-refractivity contribution < 1.29 is 9.53 Å². The van der Waals surface area contributed by atoms with Crippen molar-refractivity contribution in [1.82, 2.24) is 5.73 Å². The van der Waals surface area contributed by atoms with Crippen molar-refractivity contribution in [2.75, 3.05) is 11.9 Å². The van der Waals surface area contributed by atoms with Gasteiger partial charge in [0.2, 0.25) is 0 Å².